The number of aromatic nitrogens is 2. The third-order valence-electron chi connectivity index (χ3n) is 2.94. The number of thiophene rings is 1. The highest BCUT2D eigenvalue weighted by molar-refractivity contribution is 7.18. The van der Waals surface area contributed by atoms with Crippen LogP contribution in [-0.2, 0) is 0 Å². The number of halogens is 1. The highest BCUT2D eigenvalue weighted by Crippen LogP contribution is 2.32. The van der Waals surface area contributed by atoms with Gasteiger partial charge in [-0.25, -0.2) is 9.97 Å². The van der Waals surface area contributed by atoms with Crippen LogP contribution in [0.4, 0.5) is 5.82 Å². The van der Waals surface area contributed by atoms with Crippen LogP contribution < -0.4 is 4.90 Å². The van der Waals surface area contributed by atoms with Gasteiger partial charge >= 0.3 is 0 Å². The number of aryl methyl sites for hydroxylation is 1. The van der Waals surface area contributed by atoms with Crippen molar-refractivity contribution in [3.63, 3.8) is 0 Å². The minimum atomic E-state index is 0.256. The monoisotopic (exact) mass is 253 g/mol. The van der Waals surface area contributed by atoms with Crippen LogP contribution in [-0.4, -0.2) is 28.4 Å². The van der Waals surface area contributed by atoms with E-state index in [0.29, 0.717) is 0 Å². The molecule has 1 saturated heterocycles. The minimum absolute atomic E-state index is 0.256. The summed E-state index contributed by atoms with van der Waals surface area (Å²) in [5.41, 5.74) is 2.30. The van der Waals surface area contributed by atoms with E-state index in [-0.39, 0.29) is 5.38 Å². The Bertz CT molecular complexity index is 525. The first-order valence-corrected chi connectivity index (χ1v) is 6.65. The van der Waals surface area contributed by atoms with Gasteiger partial charge in [0, 0.05) is 13.1 Å². The van der Waals surface area contributed by atoms with E-state index in [4.69, 9.17) is 11.6 Å². The summed E-state index contributed by atoms with van der Waals surface area (Å²) >= 11 is 7.85. The molecule has 2 aromatic rings. The number of alkyl halides is 1. The molecule has 5 heteroatoms. The molecule has 3 rings (SSSR count). The lowest BCUT2D eigenvalue weighted by atomic mass is 10.3. The first-order valence-electron chi connectivity index (χ1n) is 5.33. The molecule has 0 amide bonds. The third kappa shape index (κ3) is 1.57. The van der Waals surface area contributed by atoms with Gasteiger partial charge in [-0.3, -0.25) is 0 Å². The van der Waals surface area contributed by atoms with Crippen LogP contribution in [0.3, 0.4) is 0 Å². The second-order valence-electron chi connectivity index (χ2n) is 4.13. The molecule has 16 heavy (non-hydrogen) atoms. The Balaban J connectivity index is 2.09. The predicted molar refractivity (Wildman–Crippen MR) is 68.6 cm³/mol. The van der Waals surface area contributed by atoms with E-state index in [1.807, 2.05) is 0 Å². The highest BCUT2D eigenvalue weighted by atomic mass is 35.5. The fourth-order valence-corrected chi connectivity index (χ4v) is 3.38. The summed E-state index contributed by atoms with van der Waals surface area (Å²) in [6.07, 6.45) is 2.69. The Labute approximate surface area is 103 Å². The van der Waals surface area contributed by atoms with Crippen molar-refractivity contribution in [1.82, 2.24) is 9.97 Å². The molecule has 1 aliphatic heterocycles. The van der Waals surface area contributed by atoms with E-state index in [1.54, 1.807) is 17.7 Å². The number of nitrogens with zero attached hydrogens (tertiary/aromatic N) is 3. The Hall–Kier alpha value is -0.870. The van der Waals surface area contributed by atoms with Crippen molar-refractivity contribution in [1.29, 1.82) is 0 Å². The van der Waals surface area contributed by atoms with E-state index >= 15 is 0 Å². The molecule has 0 aromatic carbocycles. The van der Waals surface area contributed by atoms with Gasteiger partial charge in [0.25, 0.3) is 0 Å². The van der Waals surface area contributed by atoms with Crippen LogP contribution in [0.2, 0.25) is 0 Å². The number of anilines is 1. The van der Waals surface area contributed by atoms with Crippen LogP contribution in [0, 0.1) is 6.92 Å². The Morgan fingerprint density at radius 1 is 1.50 bits per heavy atom. The standard InChI is InChI=1S/C11H12ClN3S/c1-7-5-16-10-9(7)13-6-14-11(10)15-3-2-8(12)4-15/h5-6,8H,2-4H2,1H3. The SMILES string of the molecule is Cc1csc2c(N3CCC(Cl)C3)ncnc12. The largest absolute Gasteiger partial charge is 0.354 e. The molecule has 0 bridgehead atoms. The summed E-state index contributed by atoms with van der Waals surface area (Å²) in [7, 11) is 0. The van der Waals surface area contributed by atoms with Gasteiger partial charge in [0.15, 0.2) is 0 Å². The molecular formula is C11H12ClN3S. The van der Waals surface area contributed by atoms with E-state index in [0.717, 1.165) is 30.8 Å². The first-order chi connectivity index (χ1) is 7.75. The molecule has 1 aliphatic rings. The normalized spacial score (nSPS) is 20.9. The Kier molecular flexibility index (Phi) is 2.48. The summed E-state index contributed by atoms with van der Waals surface area (Å²) in [6, 6.07) is 0. The van der Waals surface area contributed by atoms with Crippen molar-refractivity contribution in [3.05, 3.63) is 17.3 Å². The van der Waals surface area contributed by atoms with Gasteiger partial charge in [-0.1, -0.05) is 0 Å². The average molecular weight is 254 g/mol. The average Bonchev–Trinajstić information content (AvgIpc) is 2.86. The van der Waals surface area contributed by atoms with Crippen LogP contribution >= 0.6 is 22.9 Å². The summed E-state index contributed by atoms with van der Waals surface area (Å²) in [5, 5.41) is 2.39. The lowest BCUT2D eigenvalue weighted by molar-refractivity contribution is 0.941. The zero-order valence-electron chi connectivity index (χ0n) is 8.98. The molecule has 84 valence electrons. The minimum Gasteiger partial charge on any atom is -0.354 e. The second-order valence-corrected chi connectivity index (χ2v) is 5.62. The van der Waals surface area contributed by atoms with Crippen molar-refractivity contribution >= 4 is 39.0 Å². The molecule has 1 atom stereocenters. The van der Waals surface area contributed by atoms with E-state index < -0.39 is 0 Å². The lowest BCUT2D eigenvalue weighted by Gasteiger charge is -2.16. The van der Waals surface area contributed by atoms with Crippen LogP contribution in [0.1, 0.15) is 12.0 Å². The van der Waals surface area contributed by atoms with Gasteiger partial charge in [-0.05, 0) is 24.3 Å². The van der Waals surface area contributed by atoms with Crippen molar-refractivity contribution in [2.24, 2.45) is 0 Å². The Morgan fingerprint density at radius 2 is 2.38 bits per heavy atom. The maximum absolute atomic E-state index is 6.13. The predicted octanol–water partition coefficient (Wildman–Crippen LogP) is 2.82. The molecule has 2 aromatic heterocycles. The smallest absolute Gasteiger partial charge is 0.150 e. The topological polar surface area (TPSA) is 29.0 Å². The molecule has 0 saturated carbocycles. The summed E-state index contributed by atoms with van der Waals surface area (Å²) in [6.45, 7) is 3.98. The summed E-state index contributed by atoms with van der Waals surface area (Å²) in [4.78, 5) is 11.0. The van der Waals surface area contributed by atoms with Gasteiger partial charge in [0.1, 0.15) is 12.1 Å². The van der Waals surface area contributed by atoms with Crippen LogP contribution in [0.25, 0.3) is 10.2 Å². The van der Waals surface area contributed by atoms with Crippen LogP contribution in [0.15, 0.2) is 11.7 Å². The summed E-state index contributed by atoms with van der Waals surface area (Å²) in [5.74, 6) is 1.05. The summed E-state index contributed by atoms with van der Waals surface area (Å²) < 4.78 is 1.19. The number of hydrogen-bond acceptors (Lipinski definition) is 4. The van der Waals surface area contributed by atoms with E-state index in [2.05, 4.69) is 27.2 Å². The van der Waals surface area contributed by atoms with E-state index in [1.165, 1.54) is 10.3 Å². The van der Waals surface area contributed by atoms with Gasteiger partial charge in [-0.2, -0.15) is 0 Å². The molecular weight excluding hydrogens is 242 g/mol. The lowest BCUT2D eigenvalue weighted by Crippen LogP contribution is -2.20. The van der Waals surface area contributed by atoms with Crippen molar-refractivity contribution < 1.29 is 0 Å². The number of hydrogen-bond donors (Lipinski definition) is 0. The maximum atomic E-state index is 6.13. The Morgan fingerprint density at radius 3 is 3.12 bits per heavy atom. The first kappa shape index (κ1) is 10.3. The van der Waals surface area contributed by atoms with Crippen molar-refractivity contribution in [3.8, 4) is 0 Å². The zero-order valence-corrected chi connectivity index (χ0v) is 10.6. The number of fused-ring (bicyclic) bond motifs is 1. The molecule has 0 N–H and O–H groups in total. The van der Waals surface area contributed by atoms with Crippen molar-refractivity contribution in [2.75, 3.05) is 18.0 Å². The highest BCUT2D eigenvalue weighted by Gasteiger charge is 2.23. The second kappa shape index (κ2) is 3.86. The van der Waals surface area contributed by atoms with Crippen molar-refractivity contribution in [2.45, 2.75) is 18.7 Å². The van der Waals surface area contributed by atoms with E-state index in [9.17, 15) is 0 Å². The molecule has 1 unspecified atom stereocenters. The molecule has 0 aliphatic carbocycles. The zero-order chi connectivity index (χ0) is 11.1. The van der Waals surface area contributed by atoms with Gasteiger partial charge in [-0.15, -0.1) is 22.9 Å². The number of rotatable bonds is 1. The van der Waals surface area contributed by atoms with Gasteiger partial charge in [0.05, 0.1) is 15.6 Å². The maximum Gasteiger partial charge on any atom is 0.150 e. The van der Waals surface area contributed by atoms with Crippen LogP contribution in [0.5, 0.6) is 0 Å². The quantitative estimate of drug-likeness (QED) is 0.732. The molecule has 0 spiro atoms. The van der Waals surface area contributed by atoms with Gasteiger partial charge in [0.2, 0.25) is 0 Å². The molecule has 0 radical (unpaired) electrons. The fourth-order valence-electron chi connectivity index (χ4n) is 2.09. The molecule has 1 fully saturated rings. The third-order valence-corrected chi connectivity index (χ3v) is 4.38. The molecule has 3 nitrogen and oxygen atoms in total. The van der Waals surface area contributed by atoms with Gasteiger partial charge < -0.3 is 4.90 Å². The fraction of sp³-hybridized carbons (Fsp3) is 0.455. The molecule has 3 heterocycles.